The van der Waals surface area contributed by atoms with Crippen LogP contribution >= 0.6 is 0 Å². The number of aryl methyl sites for hydroxylation is 1. The average molecular weight is 178 g/mol. The second-order valence-electron chi connectivity index (χ2n) is 3.13. The second-order valence-corrected chi connectivity index (χ2v) is 3.13. The van der Waals surface area contributed by atoms with E-state index in [4.69, 9.17) is 5.73 Å². The molecule has 2 N–H and O–H groups in total. The lowest BCUT2D eigenvalue weighted by molar-refractivity contribution is -0.117. The van der Waals surface area contributed by atoms with Crippen molar-refractivity contribution in [1.82, 2.24) is 4.98 Å². The summed E-state index contributed by atoms with van der Waals surface area (Å²) in [6.07, 6.45) is 5.73. The molecule has 1 heterocycles. The van der Waals surface area contributed by atoms with Crippen LogP contribution < -0.4 is 5.73 Å². The third kappa shape index (κ3) is 3.23. The van der Waals surface area contributed by atoms with Crippen LogP contribution in [0.25, 0.3) is 0 Å². The van der Waals surface area contributed by atoms with Gasteiger partial charge in [-0.1, -0.05) is 0 Å². The van der Waals surface area contributed by atoms with Crippen molar-refractivity contribution in [2.24, 2.45) is 0 Å². The lowest BCUT2D eigenvalue weighted by atomic mass is 10.1. The number of anilines is 1. The zero-order valence-electron chi connectivity index (χ0n) is 7.79. The van der Waals surface area contributed by atoms with Crippen molar-refractivity contribution >= 4 is 11.5 Å². The highest BCUT2D eigenvalue weighted by Crippen LogP contribution is 2.11. The highest BCUT2D eigenvalue weighted by Gasteiger charge is 1.99. The Morgan fingerprint density at radius 2 is 2.38 bits per heavy atom. The quantitative estimate of drug-likeness (QED) is 0.761. The Hall–Kier alpha value is -1.38. The summed E-state index contributed by atoms with van der Waals surface area (Å²) in [5.41, 5.74) is 7.51. The number of aromatic nitrogens is 1. The molecule has 3 heteroatoms. The van der Waals surface area contributed by atoms with Crippen molar-refractivity contribution in [3.05, 3.63) is 24.0 Å². The molecule has 1 aromatic rings. The number of carbonyl (C=O) groups is 1. The van der Waals surface area contributed by atoms with Gasteiger partial charge in [-0.2, -0.15) is 0 Å². The number of pyridine rings is 1. The van der Waals surface area contributed by atoms with Crippen molar-refractivity contribution in [3.63, 3.8) is 0 Å². The Kier molecular flexibility index (Phi) is 3.43. The van der Waals surface area contributed by atoms with E-state index in [0.29, 0.717) is 6.42 Å². The molecule has 0 aliphatic rings. The molecular weight excluding hydrogens is 164 g/mol. The first-order chi connectivity index (χ1) is 6.20. The van der Waals surface area contributed by atoms with Gasteiger partial charge >= 0.3 is 0 Å². The minimum atomic E-state index is 0.225. The summed E-state index contributed by atoms with van der Waals surface area (Å²) in [7, 11) is 0. The van der Waals surface area contributed by atoms with Gasteiger partial charge in [-0.25, -0.2) is 0 Å². The van der Waals surface area contributed by atoms with Crippen LogP contribution in [0.4, 0.5) is 5.69 Å². The van der Waals surface area contributed by atoms with E-state index in [2.05, 4.69) is 4.98 Å². The largest absolute Gasteiger partial charge is 0.398 e. The van der Waals surface area contributed by atoms with E-state index >= 15 is 0 Å². The van der Waals surface area contributed by atoms with Crippen LogP contribution in [0, 0.1) is 0 Å². The van der Waals surface area contributed by atoms with Gasteiger partial charge in [-0.15, -0.1) is 0 Å². The number of nitrogen functional groups attached to an aromatic ring is 1. The summed E-state index contributed by atoms with van der Waals surface area (Å²) < 4.78 is 0. The van der Waals surface area contributed by atoms with E-state index in [9.17, 15) is 4.79 Å². The van der Waals surface area contributed by atoms with Gasteiger partial charge in [-0.05, 0) is 31.4 Å². The molecule has 0 saturated carbocycles. The maximum absolute atomic E-state index is 10.7. The summed E-state index contributed by atoms with van der Waals surface area (Å²) in [6, 6.07) is 1.78. The number of nitrogens with zero attached hydrogens (tertiary/aromatic N) is 1. The van der Waals surface area contributed by atoms with E-state index in [1.807, 2.05) is 0 Å². The van der Waals surface area contributed by atoms with Gasteiger partial charge < -0.3 is 10.5 Å². The molecule has 3 nitrogen and oxygen atoms in total. The predicted molar refractivity (Wildman–Crippen MR) is 52.3 cm³/mol. The van der Waals surface area contributed by atoms with Gasteiger partial charge in [0, 0.05) is 24.5 Å². The van der Waals surface area contributed by atoms with Crippen molar-refractivity contribution < 1.29 is 4.79 Å². The summed E-state index contributed by atoms with van der Waals surface area (Å²) in [5.74, 6) is 0.225. The molecule has 0 atom stereocenters. The second kappa shape index (κ2) is 4.60. The number of hydrogen-bond acceptors (Lipinski definition) is 3. The average Bonchev–Trinajstić information content (AvgIpc) is 2.08. The van der Waals surface area contributed by atoms with Crippen molar-refractivity contribution in [2.45, 2.75) is 26.2 Å². The molecule has 0 bridgehead atoms. The van der Waals surface area contributed by atoms with Gasteiger partial charge in [0.05, 0.1) is 0 Å². The lowest BCUT2D eigenvalue weighted by Crippen LogP contribution is -1.97. The number of Topliss-reactive ketones (excluding diaryl/α,β-unsaturated/α-hetero) is 1. The van der Waals surface area contributed by atoms with Crippen molar-refractivity contribution in [3.8, 4) is 0 Å². The Morgan fingerprint density at radius 1 is 1.62 bits per heavy atom. The molecule has 0 fully saturated rings. The summed E-state index contributed by atoms with van der Waals surface area (Å²) in [5, 5.41) is 0. The van der Waals surface area contributed by atoms with E-state index in [-0.39, 0.29) is 5.78 Å². The molecule has 70 valence electrons. The zero-order chi connectivity index (χ0) is 9.68. The smallest absolute Gasteiger partial charge is 0.129 e. The van der Waals surface area contributed by atoms with Crippen LogP contribution in [-0.4, -0.2) is 10.8 Å². The Morgan fingerprint density at radius 3 is 3.00 bits per heavy atom. The molecule has 13 heavy (non-hydrogen) atoms. The molecule has 0 aliphatic heterocycles. The van der Waals surface area contributed by atoms with E-state index in [0.717, 1.165) is 24.1 Å². The van der Waals surface area contributed by atoms with E-state index in [1.165, 1.54) is 0 Å². The fourth-order valence-corrected chi connectivity index (χ4v) is 1.17. The van der Waals surface area contributed by atoms with Crippen LogP contribution in [-0.2, 0) is 11.2 Å². The van der Waals surface area contributed by atoms with E-state index < -0.39 is 0 Å². The Labute approximate surface area is 78.0 Å². The standard InChI is InChI=1S/C10H14N2O/c1-8(13)3-2-4-9-7-12-6-5-10(9)11/h5-7H,2-4H2,1H3,(H2,11,12). The number of ketones is 1. The normalized spacial score (nSPS) is 9.92. The molecule has 0 saturated heterocycles. The fourth-order valence-electron chi connectivity index (χ4n) is 1.17. The van der Waals surface area contributed by atoms with Gasteiger partial charge in [-0.3, -0.25) is 4.98 Å². The number of hydrogen-bond donors (Lipinski definition) is 1. The predicted octanol–water partition coefficient (Wildman–Crippen LogP) is 1.58. The third-order valence-corrected chi connectivity index (χ3v) is 1.92. The summed E-state index contributed by atoms with van der Waals surface area (Å²) >= 11 is 0. The molecule has 0 aromatic carbocycles. The first-order valence-corrected chi connectivity index (χ1v) is 4.38. The highest BCUT2D eigenvalue weighted by molar-refractivity contribution is 5.75. The minimum Gasteiger partial charge on any atom is -0.398 e. The molecule has 0 spiro atoms. The monoisotopic (exact) mass is 178 g/mol. The van der Waals surface area contributed by atoms with Crippen LogP contribution in [0.15, 0.2) is 18.5 Å². The highest BCUT2D eigenvalue weighted by atomic mass is 16.1. The molecule has 0 unspecified atom stereocenters. The number of carbonyl (C=O) groups excluding carboxylic acids is 1. The van der Waals surface area contributed by atoms with Gasteiger partial charge in [0.2, 0.25) is 0 Å². The van der Waals surface area contributed by atoms with Crippen LogP contribution in [0.2, 0.25) is 0 Å². The molecule has 0 aliphatic carbocycles. The topological polar surface area (TPSA) is 56.0 Å². The fraction of sp³-hybridized carbons (Fsp3) is 0.400. The minimum absolute atomic E-state index is 0.225. The first kappa shape index (κ1) is 9.71. The Balaban J connectivity index is 2.45. The summed E-state index contributed by atoms with van der Waals surface area (Å²) in [6.45, 7) is 1.60. The van der Waals surface area contributed by atoms with Gasteiger partial charge in [0.1, 0.15) is 5.78 Å². The van der Waals surface area contributed by atoms with Gasteiger partial charge in [0.25, 0.3) is 0 Å². The molecule has 1 aromatic heterocycles. The summed E-state index contributed by atoms with van der Waals surface area (Å²) in [4.78, 5) is 14.7. The van der Waals surface area contributed by atoms with Gasteiger partial charge in [0.15, 0.2) is 0 Å². The molecule has 1 rings (SSSR count). The van der Waals surface area contributed by atoms with Crippen molar-refractivity contribution in [1.29, 1.82) is 0 Å². The lowest BCUT2D eigenvalue weighted by Gasteiger charge is -2.02. The van der Waals surface area contributed by atoms with Crippen molar-refractivity contribution in [2.75, 3.05) is 5.73 Å². The third-order valence-electron chi connectivity index (χ3n) is 1.92. The number of rotatable bonds is 4. The van der Waals surface area contributed by atoms with E-state index in [1.54, 1.807) is 25.4 Å². The van der Waals surface area contributed by atoms with Crippen LogP contribution in [0.3, 0.4) is 0 Å². The maximum Gasteiger partial charge on any atom is 0.129 e. The Bertz CT molecular complexity index is 297. The van der Waals surface area contributed by atoms with Crippen LogP contribution in [0.5, 0.6) is 0 Å². The molecular formula is C10H14N2O. The number of nitrogens with two attached hydrogens (primary N) is 1. The first-order valence-electron chi connectivity index (χ1n) is 4.38. The zero-order valence-corrected chi connectivity index (χ0v) is 7.79. The molecule has 0 amide bonds. The van der Waals surface area contributed by atoms with Crippen LogP contribution in [0.1, 0.15) is 25.3 Å². The molecule has 0 radical (unpaired) electrons. The maximum atomic E-state index is 10.7. The SMILES string of the molecule is CC(=O)CCCc1cnccc1N.